The van der Waals surface area contributed by atoms with Crippen molar-refractivity contribution in [3.05, 3.63) is 11.8 Å². The first-order chi connectivity index (χ1) is 10.1. The number of nitrogens with zero attached hydrogens (tertiary/aromatic N) is 3. The fourth-order valence-corrected chi connectivity index (χ4v) is 2.62. The summed E-state index contributed by atoms with van der Waals surface area (Å²) in [6.45, 7) is 2.29. The monoisotopic (exact) mass is 295 g/mol. The van der Waals surface area contributed by atoms with E-state index in [9.17, 15) is 9.90 Å². The van der Waals surface area contributed by atoms with Crippen LogP contribution in [0.25, 0.3) is 0 Å². The molecule has 1 fully saturated rings. The second-order valence-electron chi connectivity index (χ2n) is 5.97. The lowest BCUT2D eigenvalue weighted by Gasteiger charge is -2.17. The first-order valence-corrected chi connectivity index (χ1v) is 7.80. The van der Waals surface area contributed by atoms with Crippen LogP contribution in [0.4, 0.5) is 0 Å². The van der Waals surface area contributed by atoms with Crippen molar-refractivity contribution in [3.8, 4) is 0 Å². The van der Waals surface area contributed by atoms with Crippen LogP contribution in [0.1, 0.15) is 63.1 Å². The smallest absolute Gasteiger partial charge is 0.222 e. The molecule has 1 aromatic rings. The van der Waals surface area contributed by atoms with Crippen LogP contribution in [-0.2, 0) is 11.2 Å². The average Bonchev–Trinajstić information content (AvgIpc) is 3.12. The molecule has 1 amide bonds. The van der Waals surface area contributed by atoms with E-state index in [0.717, 1.165) is 18.7 Å². The predicted octanol–water partition coefficient (Wildman–Crippen LogP) is 1.89. The van der Waals surface area contributed by atoms with Crippen molar-refractivity contribution in [1.82, 2.24) is 15.1 Å². The van der Waals surface area contributed by atoms with Gasteiger partial charge in [0, 0.05) is 32.4 Å². The van der Waals surface area contributed by atoms with Crippen molar-refractivity contribution < 1.29 is 14.3 Å². The summed E-state index contributed by atoms with van der Waals surface area (Å²) in [6.07, 6.45) is 5.77. The van der Waals surface area contributed by atoms with E-state index in [2.05, 4.69) is 10.2 Å². The van der Waals surface area contributed by atoms with E-state index >= 15 is 0 Å². The molecule has 1 saturated carbocycles. The van der Waals surface area contributed by atoms with E-state index in [1.807, 2.05) is 0 Å². The molecule has 2 rings (SSSR count). The van der Waals surface area contributed by atoms with E-state index in [-0.39, 0.29) is 12.0 Å². The van der Waals surface area contributed by atoms with Gasteiger partial charge in [-0.2, -0.15) is 0 Å². The van der Waals surface area contributed by atoms with Crippen LogP contribution in [-0.4, -0.2) is 45.8 Å². The van der Waals surface area contributed by atoms with Gasteiger partial charge in [-0.25, -0.2) is 0 Å². The van der Waals surface area contributed by atoms with Crippen LogP contribution in [0.3, 0.4) is 0 Å². The van der Waals surface area contributed by atoms with Gasteiger partial charge in [-0.05, 0) is 26.2 Å². The second-order valence-corrected chi connectivity index (χ2v) is 5.97. The summed E-state index contributed by atoms with van der Waals surface area (Å²) in [4.78, 5) is 13.6. The lowest BCUT2D eigenvalue weighted by Crippen LogP contribution is -2.29. The van der Waals surface area contributed by atoms with E-state index in [0.29, 0.717) is 37.6 Å². The number of rotatable bonds is 7. The first-order valence-electron chi connectivity index (χ1n) is 7.80. The quantitative estimate of drug-likeness (QED) is 0.831. The molecule has 118 valence electrons. The van der Waals surface area contributed by atoms with E-state index in [1.165, 1.54) is 12.8 Å². The van der Waals surface area contributed by atoms with Crippen molar-refractivity contribution in [3.63, 3.8) is 0 Å². The first kappa shape index (κ1) is 15.9. The molecule has 1 heterocycles. The van der Waals surface area contributed by atoms with Gasteiger partial charge < -0.3 is 14.4 Å². The van der Waals surface area contributed by atoms with Crippen LogP contribution in [0.2, 0.25) is 0 Å². The van der Waals surface area contributed by atoms with E-state index in [1.54, 1.807) is 18.9 Å². The van der Waals surface area contributed by atoms with Crippen molar-refractivity contribution in [2.75, 3.05) is 13.6 Å². The normalized spacial score (nSPS) is 17.1. The number of aryl methyl sites for hydroxylation is 1. The van der Waals surface area contributed by atoms with E-state index in [4.69, 9.17) is 4.42 Å². The number of hydrogen-bond acceptors (Lipinski definition) is 5. The summed E-state index contributed by atoms with van der Waals surface area (Å²) in [5.41, 5.74) is 0. The van der Waals surface area contributed by atoms with Crippen LogP contribution >= 0.6 is 0 Å². The molecule has 1 aliphatic rings. The number of aliphatic hydroxyl groups is 1. The fourth-order valence-electron chi connectivity index (χ4n) is 2.62. The molecule has 0 aromatic carbocycles. The Labute approximate surface area is 125 Å². The molecule has 21 heavy (non-hydrogen) atoms. The summed E-state index contributed by atoms with van der Waals surface area (Å²) in [5, 5.41) is 17.4. The summed E-state index contributed by atoms with van der Waals surface area (Å²) < 4.78 is 5.66. The Morgan fingerprint density at radius 1 is 1.43 bits per heavy atom. The molecule has 6 nitrogen and oxygen atoms in total. The van der Waals surface area contributed by atoms with Crippen LogP contribution < -0.4 is 0 Å². The van der Waals surface area contributed by atoms with Crippen LogP contribution in [0.5, 0.6) is 0 Å². The summed E-state index contributed by atoms with van der Waals surface area (Å²) in [7, 11) is 1.75. The maximum atomic E-state index is 11.9. The van der Waals surface area contributed by atoms with Crippen LogP contribution in [0, 0.1) is 0 Å². The highest BCUT2D eigenvalue weighted by molar-refractivity contribution is 5.75. The van der Waals surface area contributed by atoms with Gasteiger partial charge in [0.1, 0.15) is 0 Å². The molecule has 0 spiro atoms. The maximum absolute atomic E-state index is 11.9. The maximum Gasteiger partial charge on any atom is 0.222 e. The van der Waals surface area contributed by atoms with Gasteiger partial charge in [0.2, 0.25) is 17.7 Å². The molecule has 0 bridgehead atoms. The Morgan fingerprint density at radius 2 is 2.14 bits per heavy atom. The zero-order chi connectivity index (χ0) is 15.2. The lowest BCUT2D eigenvalue weighted by molar-refractivity contribution is -0.130. The molecule has 0 aliphatic heterocycles. The molecule has 1 unspecified atom stereocenters. The number of aromatic nitrogens is 2. The highest BCUT2D eigenvalue weighted by Crippen LogP contribution is 2.33. The Balaban J connectivity index is 1.75. The molecule has 1 N–H and O–H groups in total. The minimum Gasteiger partial charge on any atom is -0.425 e. The molecule has 0 saturated heterocycles. The van der Waals surface area contributed by atoms with Gasteiger partial charge >= 0.3 is 0 Å². The third-order valence-electron chi connectivity index (χ3n) is 4.05. The van der Waals surface area contributed by atoms with Crippen molar-refractivity contribution in [1.29, 1.82) is 0 Å². The molecule has 1 aliphatic carbocycles. The highest BCUT2D eigenvalue weighted by Gasteiger charge is 2.23. The summed E-state index contributed by atoms with van der Waals surface area (Å²) >= 11 is 0. The number of hydrogen-bond donors (Lipinski definition) is 1. The second kappa shape index (κ2) is 7.54. The van der Waals surface area contributed by atoms with E-state index < -0.39 is 0 Å². The van der Waals surface area contributed by atoms with Gasteiger partial charge in [0.15, 0.2) is 0 Å². The third kappa shape index (κ3) is 4.81. The van der Waals surface area contributed by atoms with Gasteiger partial charge in [-0.15, -0.1) is 10.2 Å². The number of aliphatic hydroxyl groups excluding tert-OH is 1. The van der Waals surface area contributed by atoms with Crippen LogP contribution in [0.15, 0.2) is 4.42 Å². The van der Waals surface area contributed by atoms with Gasteiger partial charge in [0.25, 0.3) is 0 Å². The Morgan fingerprint density at radius 3 is 2.81 bits per heavy atom. The number of carbonyl (C=O) groups excluding carboxylic acids is 1. The van der Waals surface area contributed by atoms with Gasteiger partial charge in [-0.1, -0.05) is 12.8 Å². The number of carbonyl (C=O) groups is 1. The average molecular weight is 295 g/mol. The van der Waals surface area contributed by atoms with Crippen molar-refractivity contribution in [2.24, 2.45) is 0 Å². The minimum atomic E-state index is -0.384. The Hall–Kier alpha value is -1.43. The third-order valence-corrected chi connectivity index (χ3v) is 4.05. The zero-order valence-electron chi connectivity index (χ0n) is 12.9. The molecular formula is C15H25N3O3. The molecular weight excluding hydrogens is 270 g/mol. The molecule has 1 atom stereocenters. The minimum absolute atomic E-state index is 0.0382. The largest absolute Gasteiger partial charge is 0.425 e. The summed E-state index contributed by atoms with van der Waals surface area (Å²) in [6, 6.07) is 0. The predicted molar refractivity (Wildman–Crippen MR) is 77.8 cm³/mol. The molecule has 6 heteroatoms. The topological polar surface area (TPSA) is 79.5 Å². The Kier molecular flexibility index (Phi) is 5.73. The molecule has 0 radical (unpaired) electrons. The summed E-state index contributed by atoms with van der Waals surface area (Å²) in [5.74, 6) is 1.73. The van der Waals surface area contributed by atoms with Crippen molar-refractivity contribution >= 4 is 5.91 Å². The van der Waals surface area contributed by atoms with Crippen molar-refractivity contribution in [2.45, 2.75) is 63.9 Å². The fraction of sp³-hybridized carbons (Fsp3) is 0.800. The van der Waals surface area contributed by atoms with Gasteiger partial charge in [0.05, 0.1) is 6.10 Å². The zero-order valence-corrected chi connectivity index (χ0v) is 12.9. The molecule has 1 aromatic heterocycles. The van der Waals surface area contributed by atoms with Gasteiger partial charge in [-0.3, -0.25) is 4.79 Å². The Bertz CT molecular complexity index is 453. The highest BCUT2D eigenvalue weighted by atomic mass is 16.4. The lowest BCUT2D eigenvalue weighted by atomic mass is 10.1. The standard InChI is InChI=1S/C15H25N3O3/c1-11(19)9-10-18(2)14(20)8-7-13-16-17-15(21-13)12-5-3-4-6-12/h11-12,19H,3-10H2,1-2H3. The SMILES string of the molecule is CC(O)CCN(C)C(=O)CCc1nnc(C2CCCC2)o1. The number of amides is 1.